The van der Waals surface area contributed by atoms with E-state index in [9.17, 15) is 9.59 Å². The molecular formula is C10H11ClN2O3. The molecule has 0 saturated heterocycles. The molecule has 1 aromatic rings. The number of nitrogen functional groups attached to an aromatic ring is 1. The van der Waals surface area contributed by atoms with Gasteiger partial charge in [-0.1, -0.05) is 11.6 Å². The Morgan fingerprint density at radius 1 is 1.56 bits per heavy atom. The molecule has 0 aliphatic heterocycles. The average Bonchev–Trinajstić information content (AvgIpc) is 2.15. The first-order valence-corrected chi connectivity index (χ1v) is 4.72. The van der Waals surface area contributed by atoms with E-state index < -0.39 is 24.2 Å². The van der Waals surface area contributed by atoms with Crippen molar-refractivity contribution in [2.75, 3.05) is 5.73 Å². The highest BCUT2D eigenvalue weighted by Gasteiger charge is 2.18. The van der Waals surface area contributed by atoms with Crippen molar-refractivity contribution in [2.24, 2.45) is 5.73 Å². The Morgan fingerprint density at radius 2 is 2.19 bits per heavy atom. The van der Waals surface area contributed by atoms with Crippen LogP contribution in [0.4, 0.5) is 5.69 Å². The number of carboxylic acid groups (broad SMARTS) is 1. The quantitative estimate of drug-likeness (QED) is 0.538. The third-order valence-electron chi connectivity index (χ3n) is 1.94. The van der Waals surface area contributed by atoms with E-state index in [0.29, 0.717) is 5.02 Å². The lowest BCUT2D eigenvalue weighted by atomic mass is 10.0. The van der Waals surface area contributed by atoms with Gasteiger partial charge in [0.15, 0.2) is 5.78 Å². The fourth-order valence-corrected chi connectivity index (χ4v) is 1.31. The van der Waals surface area contributed by atoms with Gasteiger partial charge in [-0.15, -0.1) is 0 Å². The van der Waals surface area contributed by atoms with Crippen molar-refractivity contribution in [3.63, 3.8) is 0 Å². The third-order valence-corrected chi connectivity index (χ3v) is 2.17. The lowest BCUT2D eigenvalue weighted by Crippen LogP contribution is -2.32. The summed E-state index contributed by atoms with van der Waals surface area (Å²) in [5, 5.41) is 9.00. The second-order valence-electron chi connectivity index (χ2n) is 3.16. The zero-order valence-corrected chi connectivity index (χ0v) is 8.99. The molecule has 0 bridgehead atoms. The van der Waals surface area contributed by atoms with Gasteiger partial charge in [0, 0.05) is 22.7 Å². The zero-order chi connectivity index (χ0) is 13.2. The van der Waals surface area contributed by atoms with Gasteiger partial charge in [-0.2, -0.15) is 0 Å². The van der Waals surface area contributed by atoms with Crippen LogP contribution in [0.3, 0.4) is 0 Å². The van der Waals surface area contributed by atoms with Crippen LogP contribution in [-0.2, 0) is 4.79 Å². The molecule has 0 fully saturated rings. The zero-order valence-electron chi connectivity index (χ0n) is 9.24. The number of rotatable bonds is 4. The molecular weight excluding hydrogens is 232 g/mol. The van der Waals surface area contributed by atoms with Crippen molar-refractivity contribution in [2.45, 2.75) is 12.4 Å². The molecule has 0 radical (unpaired) electrons. The molecule has 0 saturated carbocycles. The number of hydrogen-bond acceptors (Lipinski definition) is 4. The summed E-state index contributed by atoms with van der Waals surface area (Å²) in [4.78, 5) is 22.3. The van der Waals surface area contributed by atoms with E-state index in [1.54, 1.807) is 0 Å². The fraction of sp³-hybridized carbons (Fsp3) is 0.200. The number of Topliss-reactive ketones (excluding diaryl/α,β-unsaturated/α-hetero) is 1. The number of benzene rings is 1. The Labute approximate surface area is 98.4 Å². The molecule has 5 nitrogen and oxygen atoms in total. The van der Waals surface area contributed by atoms with Crippen molar-refractivity contribution in [1.29, 1.82) is 0 Å². The van der Waals surface area contributed by atoms with Gasteiger partial charge >= 0.3 is 5.97 Å². The van der Waals surface area contributed by atoms with E-state index in [-0.39, 0.29) is 11.3 Å². The number of carbonyl (C=O) groups is 2. The summed E-state index contributed by atoms with van der Waals surface area (Å²) in [7, 11) is 0. The SMILES string of the molecule is [2H][C@](N)(CC(=O)c1ccc(Cl)cc1N)C(=O)O. The minimum absolute atomic E-state index is 0.109. The summed E-state index contributed by atoms with van der Waals surface area (Å²) in [6, 6.07) is 1.84. The van der Waals surface area contributed by atoms with E-state index in [1.807, 2.05) is 0 Å². The summed E-state index contributed by atoms with van der Waals surface area (Å²) in [6.07, 6.45) is -0.659. The van der Waals surface area contributed by atoms with Gasteiger partial charge < -0.3 is 16.6 Å². The predicted molar refractivity (Wildman–Crippen MR) is 60.4 cm³/mol. The second-order valence-corrected chi connectivity index (χ2v) is 3.60. The van der Waals surface area contributed by atoms with Gasteiger partial charge in [-0.3, -0.25) is 9.59 Å². The van der Waals surface area contributed by atoms with E-state index in [0.717, 1.165) is 0 Å². The van der Waals surface area contributed by atoms with Crippen LogP contribution >= 0.6 is 11.6 Å². The van der Waals surface area contributed by atoms with Crippen LogP contribution in [-0.4, -0.2) is 22.9 Å². The highest BCUT2D eigenvalue weighted by atomic mass is 35.5. The van der Waals surface area contributed by atoms with Crippen molar-refractivity contribution in [3.05, 3.63) is 28.8 Å². The van der Waals surface area contributed by atoms with Crippen LogP contribution in [0.2, 0.25) is 5.02 Å². The summed E-state index contributed by atoms with van der Waals surface area (Å²) in [5.41, 5.74) is 11.0. The van der Waals surface area contributed by atoms with Crippen LogP contribution in [0, 0.1) is 0 Å². The number of aliphatic carboxylic acids is 1. The van der Waals surface area contributed by atoms with Gasteiger partial charge in [0.2, 0.25) is 0 Å². The summed E-state index contributed by atoms with van der Waals surface area (Å²) < 4.78 is 7.26. The molecule has 1 aromatic carbocycles. The predicted octanol–water partition coefficient (Wildman–Crippen LogP) is 0.907. The van der Waals surface area contributed by atoms with E-state index in [4.69, 9.17) is 29.5 Å². The smallest absolute Gasteiger partial charge is 0.320 e. The average molecular weight is 244 g/mol. The molecule has 0 heterocycles. The molecule has 1 rings (SSSR count). The van der Waals surface area contributed by atoms with E-state index in [2.05, 4.69) is 0 Å². The molecule has 0 aromatic heterocycles. The second kappa shape index (κ2) is 4.96. The highest BCUT2D eigenvalue weighted by Crippen LogP contribution is 2.19. The summed E-state index contributed by atoms with van der Waals surface area (Å²) in [5.74, 6) is -2.18. The lowest BCUT2D eigenvalue weighted by Gasteiger charge is -2.07. The molecule has 16 heavy (non-hydrogen) atoms. The number of halogens is 1. The topological polar surface area (TPSA) is 106 Å². The Morgan fingerprint density at radius 3 is 2.69 bits per heavy atom. The Bertz CT molecular complexity index is 477. The van der Waals surface area contributed by atoms with Gasteiger partial charge in [0.1, 0.15) is 6.02 Å². The maximum atomic E-state index is 11.7. The first kappa shape index (κ1) is 10.9. The highest BCUT2D eigenvalue weighted by molar-refractivity contribution is 6.31. The fourth-order valence-electron chi connectivity index (χ4n) is 1.13. The van der Waals surface area contributed by atoms with Crippen LogP contribution < -0.4 is 11.5 Å². The molecule has 0 spiro atoms. The maximum absolute atomic E-state index is 11.7. The largest absolute Gasteiger partial charge is 0.480 e. The van der Waals surface area contributed by atoms with Crippen molar-refractivity contribution in [1.82, 2.24) is 0 Å². The van der Waals surface area contributed by atoms with Gasteiger partial charge in [0.25, 0.3) is 0 Å². The summed E-state index contributed by atoms with van der Waals surface area (Å²) in [6.45, 7) is 0. The van der Waals surface area contributed by atoms with Crippen molar-refractivity contribution in [3.8, 4) is 0 Å². The number of anilines is 1. The normalized spacial score (nSPS) is 15.0. The first-order valence-electron chi connectivity index (χ1n) is 4.84. The number of hydrogen-bond donors (Lipinski definition) is 3. The van der Waals surface area contributed by atoms with E-state index >= 15 is 0 Å². The van der Waals surface area contributed by atoms with Crippen LogP contribution in [0.25, 0.3) is 0 Å². The Hall–Kier alpha value is -1.59. The summed E-state index contributed by atoms with van der Waals surface area (Å²) >= 11 is 5.66. The molecule has 0 unspecified atom stereocenters. The Kier molecular flexibility index (Phi) is 3.38. The number of ketones is 1. The third kappa shape index (κ3) is 2.95. The molecule has 5 N–H and O–H groups in total. The minimum atomic E-state index is -2.36. The molecule has 86 valence electrons. The van der Waals surface area contributed by atoms with Crippen LogP contribution in [0.1, 0.15) is 18.1 Å². The number of carboxylic acids is 1. The number of carbonyl (C=O) groups excluding carboxylic acids is 1. The van der Waals surface area contributed by atoms with Crippen LogP contribution in [0.5, 0.6) is 0 Å². The van der Waals surface area contributed by atoms with E-state index in [1.165, 1.54) is 18.2 Å². The van der Waals surface area contributed by atoms with Gasteiger partial charge in [0.05, 0.1) is 1.37 Å². The molecule has 1 atom stereocenters. The van der Waals surface area contributed by atoms with Gasteiger partial charge in [-0.05, 0) is 18.2 Å². The monoisotopic (exact) mass is 243 g/mol. The Balaban J connectivity index is 2.95. The van der Waals surface area contributed by atoms with Crippen molar-refractivity contribution < 1.29 is 16.1 Å². The number of nitrogens with two attached hydrogens (primary N) is 2. The standard InChI is InChI=1S/C10H11ClN2O3/c11-5-1-2-6(7(12)3-5)9(14)4-8(13)10(15)16/h1-3,8H,4,12-13H2,(H,15,16)/t8-/m0/s1/i8D. The lowest BCUT2D eigenvalue weighted by molar-refractivity contribution is -0.138. The van der Waals surface area contributed by atoms with Crippen molar-refractivity contribution >= 4 is 29.0 Å². The molecule has 0 aliphatic carbocycles. The molecule has 0 amide bonds. The molecule has 0 aliphatic rings. The van der Waals surface area contributed by atoms with Crippen LogP contribution in [0.15, 0.2) is 18.2 Å². The maximum Gasteiger partial charge on any atom is 0.320 e. The molecule has 6 heteroatoms. The first-order chi connectivity index (χ1) is 7.74. The minimum Gasteiger partial charge on any atom is -0.480 e. The van der Waals surface area contributed by atoms with Gasteiger partial charge in [-0.25, -0.2) is 0 Å².